The second-order valence-corrected chi connectivity index (χ2v) is 5.46. The summed E-state index contributed by atoms with van der Waals surface area (Å²) in [6, 6.07) is 4.14. The Labute approximate surface area is 107 Å². The monoisotopic (exact) mass is 254 g/mol. The maximum absolute atomic E-state index is 11.9. The number of benzene rings is 1. The van der Waals surface area contributed by atoms with Crippen molar-refractivity contribution in [2.45, 2.75) is 12.8 Å². The van der Waals surface area contributed by atoms with Crippen LogP contribution in [0, 0.1) is 0 Å². The first-order valence-corrected chi connectivity index (χ1v) is 6.74. The predicted octanol–water partition coefficient (Wildman–Crippen LogP) is 3.10. The minimum atomic E-state index is -0.0439. The van der Waals surface area contributed by atoms with E-state index < -0.39 is 0 Å². The molecule has 0 fully saturated rings. The first kappa shape index (κ1) is 10.0. The molecule has 4 heteroatoms. The number of H-pyrrole nitrogens is 1. The minimum Gasteiger partial charge on any atom is -0.313 e. The number of nitrogens with zero attached hydrogens (tertiary/aromatic N) is 1. The molecule has 1 aromatic carbocycles. The zero-order valence-corrected chi connectivity index (χ0v) is 10.4. The lowest BCUT2D eigenvalue weighted by Gasteiger charge is -2.10. The largest absolute Gasteiger partial charge is 0.313 e. The molecule has 0 bridgehead atoms. The van der Waals surface area contributed by atoms with Gasteiger partial charge >= 0.3 is 0 Å². The molecular formula is C14H10N2OS. The molecule has 0 saturated carbocycles. The predicted molar refractivity (Wildman–Crippen MR) is 75.1 cm³/mol. The van der Waals surface area contributed by atoms with Gasteiger partial charge in [0.1, 0.15) is 4.83 Å². The summed E-state index contributed by atoms with van der Waals surface area (Å²) >= 11 is 1.63. The van der Waals surface area contributed by atoms with Crippen molar-refractivity contribution in [1.82, 2.24) is 9.97 Å². The topological polar surface area (TPSA) is 45.8 Å². The summed E-state index contributed by atoms with van der Waals surface area (Å²) in [5.74, 6) is 0. The van der Waals surface area contributed by atoms with Crippen LogP contribution in [0.5, 0.6) is 0 Å². The molecule has 0 aliphatic heterocycles. The summed E-state index contributed by atoms with van der Waals surface area (Å²) in [7, 11) is 0. The normalized spacial score (nSPS) is 14.2. The molecule has 3 aromatic rings. The van der Waals surface area contributed by atoms with E-state index in [-0.39, 0.29) is 5.56 Å². The number of allylic oxidation sites excluding steroid dienone is 1. The lowest BCUT2D eigenvalue weighted by molar-refractivity contribution is 1.000. The van der Waals surface area contributed by atoms with Crippen molar-refractivity contribution in [2.24, 2.45) is 0 Å². The van der Waals surface area contributed by atoms with Gasteiger partial charge in [0.15, 0.2) is 0 Å². The Bertz CT molecular complexity index is 857. The molecule has 0 spiro atoms. The lowest BCUT2D eigenvalue weighted by atomic mass is 9.96. The van der Waals surface area contributed by atoms with Crippen LogP contribution in [0.1, 0.15) is 17.5 Å². The summed E-state index contributed by atoms with van der Waals surface area (Å²) in [5, 5.41) is 1.77. The number of aromatic amines is 1. The average Bonchev–Trinajstić information content (AvgIpc) is 2.79. The van der Waals surface area contributed by atoms with Gasteiger partial charge in [0.05, 0.1) is 11.7 Å². The van der Waals surface area contributed by atoms with Gasteiger partial charge in [-0.3, -0.25) is 4.79 Å². The summed E-state index contributed by atoms with van der Waals surface area (Å²) in [6.07, 6.45) is 7.97. The molecule has 4 rings (SSSR count). The summed E-state index contributed by atoms with van der Waals surface area (Å²) in [6.45, 7) is 0. The average molecular weight is 254 g/mol. The highest BCUT2D eigenvalue weighted by Gasteiger charge is 2.15. The van der Waals surface area contributed by atoms with E-state index in [1.54, 1.807) is 11.3 Å². The summed E-state index contributed by atoms with van der Waals surface area (Å²) in [5.41, 5.74) is 2.59. The van der Waals surface area contributed by atoms with Crippen LogP contribution >= 0.6 is 11.3 Å². The highest BCUT2D eigenvalue weighted by molar-refractivity contribution is 7.25. The molecule has 1 aliphatic rings. The molecule has 2 aromatic heterocycles. The smallest absolute Gasteiger partial charge is 0.260 e. The first-order chi connectivity index (χ1) is 8.84. The number of aryl methyl sites for hydroxylation is 1. The Morgan fingerprint density at radius 3 is 3.22 bits per heavy atom. The molecule has 0 unspecified atom stereocenters. The Morgan fingerprint density at radius 2 is 2.28 bits per heavy atom. The van der Waals surface area contributed by atoms with Crippen molar-refractivity contribution in [2.75, 3.05) is 0 Å². The standard InChI is InChI=1S/C14H10N2OS/c17-13-11-10-6-5-8-3-1-2-4-9(8)12(10)18-14(11)16-7-15-13/h1,3,5-7H,2,4H2,(H,15,16,17). The number of hydrogen-bond donors (Lipinski definition) is 1. The number of fused-ring (bicyclic) bond motifs is 5. The Morgan fingerprint density at radius 1 is 1.33 bits per heavy atom. The van der Waals surface area contributed by atoms with Crippen LogP contribution in [0.3, 0.4) is 0 Å². The van der Waals surface area contributed by atoms with Crippen LogP contribution in [0.15, 0.2) is 29.3 Å². The fourth-order valence-corrected chi connectivity index (χ4v) is 3.83. The van der Waals surface area contributed by atoms with Crippen LogP contribution in [0.25, 0.3) is 26.4 Å². The Balaban J connectivity index is 2.26. The van der Waals surface area contributed by atoms with Crippen LogP contribution in [-0.2, 0) is 6.42 Å². The summed E-state index contributed by atoms with van der Waals surface area (Å²) < 4.78 is 1.22. The van der Waals surface area contributed by atoms with Gasteiger partial charge in [0.2, 0.25) is 0 Å². The van der Waals surface area contributed by atoms with Crippen molar-refractivity contribution in [3.8, 4) is 0 Å². The molecule has 0 radical (unpaired) electrons. The van der Waals surface area contributed by atoms with Crippen LogP contribution in [-0.4, -0.2) is 9.97 Å². The number of aromatic nitrogens is 2. The van der Waals surface area contributed by atoms with E-state index >= 15 is 0 Å². The lowest BCUT2D eigenvalue weighted by Crippen LogP contribution is -2.04. The van der Waals surface area contributed by atoms with Crippen molar-refractivity contribution in [3.05, 3.63) is 46.0 Å². The van der Waals surface area contributed by atoms with Gasteiger partial charge in [-0.15, -0.1) is 11.3 Å². The number of nitrogens with one attached hydrogen (secondary N) is 1. The molecule has 88 valence electrons. The van der Waals surface area contributed by atoms with E-state index in [2.05, 4.69) is 28.2 Å². The van der Waals surface area contributed by atoms with Crippen molar-refractivity contribution >= 4 is 37.7 Å². The number of hydrogen-bond acceptors (Lipinski definition) is 3. The highest BCUT2D eigenvalue weighted by atomic mass is 32.1. The van der Waals surface area contributed by atoms with E-state index in [9.17, 15) is 4.79 Å². The van der Waals surface area contributed by atoms with Crippen molar-refractivity contribution in [3.63, 3.8) is 0 Å². The van der Waals surface area contributed by atoms with Gasteiger partial charge in [-0.2, -0.15) is 0 Å². The van der Waals surface area contributed by atoms with Crippen LogP contribution < -0.4 is 5.56 Å². The van der Waals surface area contributed by atoms with E-state index in [1.165, 1.54) is 22.2 Å². The fourth-order valence-electron chi connectivity index (χ4n) is 2.60. The molecule has 1 aliphatic carbocycles. The molecule has 3 nitrogen and oxygen atoms in total. The quantitative estimate of drug-likeness (QED) is 0.670. The van der Waals surface area contributed by atoms with Crippen LogP contribution in [0.2, 0.25) is 0 Å². The van der Waals surface area contributed by atoms with Gasteiger partial charge in [-0.1, -0.05) is 24.3 Å². The molecule has 2 heterocycles. The second-order valence-electron chi connectivity index (χ2n) is 4.46. The number of rotatable bonds is 0. The number of thiophene rings is 1. The van der Waals surface area contributed by atoms with E-state index in [4.69, 9.17) is 0 Å². The second kappa shape index (κ2) is 3.53. The van der Waals surface area contributed by atoms with E-state index in [0.29, 0.717) is 0 Å². The highest BCUT2D eigenvalue weighted by Crippen LogP contribution is 2.36. The molecular weight excluding hydrogens is 244 g/mol. The third kappa shape index (κ3) is 1.24. The Kier molecular flexibility index (Phi) is 1.96. The third-order valence-corrected chi connectivity index (χ3v) is 4.61. The first-order valence-electron chi connectivity index (χ1n) is 5.93. The van der Waals surface area contributed by atoms with Gasteiger partial charge < -0.3 is 4.98 Å². The zero-order chi connectivity index (χ0) is 12.1. The molecule has 0 amide bonds. The van der Waals surface area contributed by atoms with Gasteiger partial charge in [0, 0.05) is 10.1 Å². The van der Waals surface area contributed by atoms with Gasteiger partial charge in [0.25, 0.3) is 5.56 Å². The van der Waals surface area contributed by atoms with Crippen molar-refractivity contribution in [1.29, 1.82) is 0 Å². The molecule has 1 N–H and O–H groups in total. The molecule has 18 heavy (non-hydrogen) atoms. The van der Waals surface area contributed by atoms with E-state index in [1.807, 2.05) is 6.07 Å². The minimum absolute atomic E-state index is 0.0439. The SMILES string of the molecule is O=c1[nH]cnc2sc3c4c(ccc3c12)C=CCC4. The summed E-state index contributed by atoms with van der Waals surface area (Å²) in [4.78, 5) is 19.7. The maximum Gasteiger partial charge on any atom is 0.260 e. The third-order valence-electron chi connectivity index (χ3n) is 3.44. The Hall–Kier alpha value is -1.94. The zero-order valence-electron chi connectivity index (χ0n) is 9.56. The van der Waals surface area contributed by atoms with Gasteiger partial charge in [-0.25, -0.2) is 4.98 Å². The molecule has 0 saturated heterocycles. The van der Waals surface area contributed by atoms with E-state index in [0.717, 1.165) is 28.4 Å². The maximum atomic E-state index is 11.9. The van der Waals surface area contributed by atoms with Crippen LogP contribution in [0.4, 0.5) is 0 Å². The van der Waals surface area contributed by atoms with Crippen molar-refractivity contribution < 1.29 is 0 Å². The molecule has 0 atom stereocenters. The fraction of sp³-hybridized carbons (Fsp3) is 0.143. The van der Waals surface area contributed by atoms with Gasteiger partial charge in [-0.05, 0) is 24.0 Å².